The van der Waals surface area contributed by atoms with E-state index in [2.05, 4.69) is 15.1 Å². The standard InChI is InChI=1S/C24H30N4O4S/c1-30-19-8-9-20(31-2)23-22(19)26-24(33-23)28-15-13-27(14-16-28)12-11-25-21(29)10-17-32-18-6-4-3-5-7-18/h3-9H,10-17H2,1-2H3,(H,25,29). The van der Waals surface area contributed by atoms with E-state index >= 15 is 0 Å². The molecule has 33 heavy (non-hydrogen) atoms. The van der Waals surface area contributed by atoms with Crippen LogP contribution < -0.4 is 24.4 Å². The number of nitrogens with zero attached hydrogens (tertiary/aromatic N) is 3. The van der Waals surface area contributed by atoms with E-state index in [0.717, 1.165) is 65.3 Å². The molecule has 8 nitrogen and oxygen atoms in total. The summed E-state index contributed by atoms with van der Waals surface area (Å²) in [6.07, 6.45) is 0.354. The first kappa shape index (κ1) is 23.1. The van der Waals surface area contributed by atoms with Gasteiger partial charge in [-0.1, -0.05) is 29.5 Å². The van der Waals surface area contributed by atoms with Gasteiger partial charge in [0.25, 0.3) is 0 Å². The van der Waals surface area contributed by atoms with Crippen molar-refractivity contribution in [2.75, 3.05) is 65.0 Å². The summed E-state index contributed by atoms with van der Waals surface area (Å²) in [4.78, 5) is 21.6. The number of piperazine rings is 1. The molecular formula is C24H30N4O4S. The van der Waals surface area contributed by atoms with E-state index in [-0.39, 0.29) is 5.91 Å². The number of thiazole rings is 1. The van der Waals surface area contributed by atoms with Crippen molar-refractivity contribution in [1.29, 1.82) is 0 Å². The van der Waals surface area contributed by atoms with Crippen LogP contribution in [0.4, 0.5) is 5.13 Å². The molecular weight excluding hydrogens is 440 g/mol. The molecule has 1 amide bonds. The predicted octanol–water partition coefficient (Wildman–Crippen LogP) is 3.02. The molecule has 1 aliphatic rings. The average Bonchev–Trinajstić information content (AvgIpc) is 3.30. The SMILES string of the molecule is COc1ccc(OC)c2sc(N3CCN(CCNC(=O)CCOc4ccccc4)CC3)nc12. The molecule has 0 aliphatic carbocycles. The molecule has 0 atom stereocenters. The van der Waals surface area contributed by atoms with Crippen LogP contribution in [0.5, 0.6) is 17.2 Å². The summed E-state index contributed by atoms with van der Waals surface area (Å²) in [5, 5.41) is 3.98. The highest BCUT2D eigenvalue weighted by Crippen LogP contribution is 2.40. The van der Waals surface area contributed by atoms with Crippen molar-refractivity contribution < 1.29 is 19.0 Å². The van der Waals surface area contributed by atoms with Crippen molar-refractivity contribution in [3.8, 4) is 17.2 Å². The summed E-state index contributed by atoms with van der Waals surface area (Å²) < 4.78 is 17.6. The largest absolute Gasteiger partial charge is 0.495 e. The van der Waals surface area contributed by atoms with Crippen LogP contribution in [-0.4, -0.2) is 75.9 Å². The molecule has 0 radical (unpaired) electrons. The van der Waals surface area contributed by atoms with E-state index in [1.807, 2.05) is 42.5 Å². The molecule has 0 bridgehead atoms. The number of ether oxygens (including phenoxy) is 3. The number of hydrogen-bond donors (Lipinski definition) is 1. The summed E-state index contributed by atoms with van der Waals surface area (Å²) in [5.41, 5.74) is 0.846. The van der Waals surface area contributed by atoms with E-state index in [4.69, 9.17) is 19.2 Å². The number of carbonyl (C=O) groups excluding carboxylic acids is 1. The van der Waals surface area contributed by atoms with E-state index in [1.165, 1.54) is 0 Å². The molecule has 0 spiro atoms. The highest BCUT2D eigenvalue weighted by atomic mass is 32.1. The van der Waals surface area contributed by atoms with Gasteiger partial charge in [0.1, 0.15) is 27.5 Å². The lowest BCUT2D eigenvalue weighted by molar-refractivity contribution is -0.121. The van der Waals surface area contributed by atoms with Crippen LogP contribution in [0.3, 0.4) is 0 Å². The molecule has 9 heteroatoms. The first-order valence-electron chi connectivity index (χ1n) is 11.1. The van der Waals surface area contributed by atoms with Crippen molar-refractivity contribution in [2.24, 2.45) is 0 Å². The first-order valence-corrected chi connectivity index (χ1v) is 11.9. The van der Waals surface area contributed by atoms with Crippen LogP contribution in [0.2, 0.25) is 0 Å². The lowest BCUT2D eigenvalue weighted by atomic mass is 10.3. The summed E-state index contributed by atoms with van der Waals surface area (Å²) in [7, 11) is 3.34. The van der Waals surface area contributed by atoms with Crippen molar-refractivity contribution in [2.45, 2.75) is 6.42 Å². The third-order valence-electron chi connectivity index (χ3n) is 5.63. The molecule has 1 fully saturated rings. The molecule has 1 aliphatic heterocycles. The fraction of sp³-hybridized carbons (Fsp3) is 0.417. The third kappa shape index (κ3) is 5.85. The highest BCUT2D eigenvalue weighted by molar-refractivity contribution is 7.22. The van der Waals surface area contributed by atoms with E-state index in [1.54, 1.807) is 25.6 Å². The monoisotopic (exact) mass is 470 g/mol. The second-order valence-corrected chi connectivity index (χ2v) is 8.71. The predicted molar refractivity (Wildman–Crippen MR) is 131 cm³/mol. The summed E-state index contributed by atoms with van der Waals surface area (Å²) in [6, 6.07) is 13.4. The number of anilines is 1. The number of hydrogen-bond acceptors (Lipinski definition) is 8. The minimum Gasteiger partial charge on any atom is -0.495 e. The number of amides is 1. The minimum atomic E-state index is 0.0157. The Balaban J connectivity index is 1.20. The fourth-order valence-electron chi connectivity index (χ4n) is 3.79. The second-order valence-electron chi connectivity index (χ2n) is 7.73. The summed E-state index contributed by atoms with van der Waals surface area (Å²) in [5.74, 6) is 2.38. The Morgan fingerprint density at radius 2 is 1.76 bits per heavy atom. The van der Waals surface area contributed by atoms with Crippen molar-refractivity contribution in [3.63, 3.8) is 0 Å². The molecule has 176 valence electrons. The van der Waals surface area contributed by atoms with Gasteiger partial charge in [-0.05, 0) is 24.3 Å². The lowest BCUT2D eigenvalue weighted by Crippen LogP contribution is -2.48. The number of fused-ring (bicyclic) bond motifs is 1. The van der Waals surface area contributed by atoms with Crippen molar-refractivity contribution in [1.82, 2.24) is 15.2 Å². The number of rotatable bonds is 10. The Labute approximate surface area is 198 Å². The maximum Gasteiger partial charge on any atom is 0.223 e. The third-order valence-corrected chi connectivity index (χ3v) is 6.76. The van der Waals surface area contributed by atoms with Gasteiger partial charge in [-0.2, -0.15) is 0 Å². The van der Waals surface area contributed by atoms with Crippen LogP contribution in [0, 0.1) is 0 Å². The maximum atomic E-state index is 12.1. The number of methoxy groups -OCH3 is 2. The number of carbonyl (C=O) groups is 1. The molecule has 1 N–H and O–H groups in total. The van der Waals surface area contributed by atoms with Crippen LogP contribution in [0.15, 0.2) is 42.5 Å². The molecule has 0 saturated carbocycles. The Bertz CT molecular complexity index is 1010. The Morgan fingerprint density at radius 3 is 2.48 bits per heavy atom. The summed E-state index contributed by atoms with van der Waals surface area (Å²) >= 11 is 1.64. The molecule has 1 saturated heterocycles. The van der Waals surface area contributed by atoms with Crippen molar-refractivity contribution in [3.05, 3.63) is 42.5 Å². The molecule has 4 rings (SSSR count). The molecule has 0 unspecified atom stereocenters. The number of nitrogens with one attached hydrogen (secondary N) is 1. The Kier molecular flexibility index (Phi) is 7.85. The molecule has 1 aromatic heterocycles. The first-order chi connectivity index (χ1) is 16.2. The minimum absolute atomic E-state index is 0.0157. The topological polar surface area (TPSA) is 76.2 Å². The summed E-state index contributed by atoms with van der Waals surface area (Å²) in [6.45, 7) is 5.49. The molecule has 3 aromatic rings. The van der Waals surface area contributed by atoms with Crippen molar-refractivity contribution >= 4 is 32.6 Å². The Hall–Kier alpha value is -3.04. The fourth-order valence-corrected chi connectivity index (χ4v) is 4.92. The van der Waals surface area contributed by atoms with E-state index in [0.29, 0.717) is 19.6 Å². The van der Waals surface area contributed by atoms with Gasteiger partial charge < -0.3 is 24.4 Å². The van der Waals surface area contributed by atoms with Crippen LogP contribution in [-0.2, 0) is 4.79 Å². The van der Waals surface area contributed by atoms with Gasteiger partial charge in [0.2, 0.25) is 5.91 Å². The van der Waals surface area contributed by atoms with Gasteiger partial charge in [0.15, 0.2) is 5.13 Å². The smallest absolute Gasteiger partial charge is 0.223 e. The number of para-hydroxylation sites is 1. The molecule has 2 heterocycles. The van der Waals surface area contributed by atoms with Gasteiger partial charge in [-0.25, -0.2) is 4.98 Å². The zero-order valence-corrected chi connectivity index (χ0v) is 19.9. The number of aromatic nitrogens is 1. The molecule has 2 aromatic carbocycles. The van der Waals surface area contributed by atoms with Crippen LogP contribution >= 0.6 is 11.3 Å². The normalized spacial score (nSPS) is 14.3. The van der Waals surface area contributed by atoms with Gasteiger partial charge in [0, 0.05) is 39.3 Å². The maximum absolute atomic E-state index is 12.1. The van der Waals surface area contributed by atoms with Gasteiger partial charge in [-0.15, -0.1) is 0 Å². The zero-order chi connectivity index (χ0) is 23.0. The van der Waals surface area contributed by atoms with Crippen LogP contribution in [0.25, 0.3) is 10.2 Å². The van der Waals surface area contributed by atoms with Crippen LogP contribution in [0.1, 0.15) is 6.42 Å². The van der Waals surface area contributed by atoms with Gasteiger partial charge >= 0.3 is 0 Å². The lowest BCUT2D eigenvalue weighted by Gasteiger charge is -2.34. The van der Waals surface area contributed by atoms with Gasteiger partial charge in [-0.3, -0.25) is 9.69 Å². The highest BCUT2D eigenvalue weighted by Gasteiger charge is 2.22. The zero-order valence-electron chi connectivity index (χ0n) is 19.1. The number of benzene rings is 2. The van der Waals surface area contributed by atoms with E-state index in [9.17, 15) is 4.79 Å². The average molecular weight is 471 g/mol. The Morgan fingerprint density at radius 1 is 1.03 bits per heavy atom. The van der Waals surface area contributed by atoms with Gasteiger partial charge in [0.05, 0.1) is 27.2 Å². The quantitative estimate of drug-likeness (QED) is 0.488. The van der Waals surface area contributed by atoms with E-state index < -0.39 is 0 Å². The second kappa shape index (κ2) is 11.2.